The Morgan fingerprint density at radius 1 is 1.07 bits per heavy atom. The van der Waals surface area contributed by atoms with Crippen LogP contribution in [0.3, 0.4) is 0 Å². The van der Waals surface area contributed by atoms with Gasteiger partial charge in [-0.05, 0) is 35.8 Å². The van der Waals surface area contributed by atoms with Crippen LogP contribution in [-0.4, -0.2) is 52.3 Å². The molecule has 7 nitrogen and oxygen atoms in total. The number of pyridine rings is 1. The van der Waals surface area contributed by atoms with Crippen LogP contribution in [0.2, 0.25) is 5.02 Å². The average molecular weight is 442 g/mol. The Bertz CT molecular complexity index is 1060. The summed E-state index contributed by atoms with van der Waals surface area (Å²) in [5.74, 6) is -0.376. The molecule has 1 aliphatic rings. The van der Waals surface area contributed by atoms with Gasteiger partial charge >= 0.3 is 0 Å². The zero-order valence-electron chi connectivity index (χ0n) is 16.3. The van der Waals surface area contributed by atoms with Gasteiger partial charge in [0.05, 0.1) is 16.4 Å². The molecule has 2 aromatic heterocycles. The van der Waals surface area contributed by atoms with E-state index < -0.39 is 0 Å². The molecule has 1 aliphatic heterocycles. The highest BCUT2D eigenvalue weighted by molar-refractivity contribution is 7.09. The molecule has 0 radical (unpaired) electrons. The summed E-state index contributed by atoms with van der Waals surface area (Å²) in [4.78, 5) is 33.5. The molecular weight excluding hydrogens is 422 g/mol. The summed E-state index contributed by atoms with van der Waals surface area (Å²) in [7, 11) is 0. The third-order valence-electron chi connectivity index (χ3n) is 4.90. The number of hydrogen-bond donors (Lipinski definition) is 1. The Labute approximate surface area is 183 Å². The second-order valence-electron chi connectivity index (χ2n) is 6.88. The van der Waals surface area contributed by atoms with Crippen LogP contribution in [-0.2, 0) is 4.79 Å². The summed E-state index contributed by atoms with van der Waals surface area (Å²) in [6, 6.07) is 11.3. The zero-order chi connectivity index (χ0) is 21.1. The Morgan fingerprint density at radius 2 is 1.77 bits per heavy atom. The number of anilines is 2. The lowest BCUT2D eigenvalue weighted by Gasteiger charge is -2.36. The van der Waals surface area contributed by atoms with Crippen molar-refractivity contribution in [1.82, 2.24) is 14.3 Å². The number of nitrogens with one attached hydrogen (secondary N) is 1. The van der Waals surface area contributed by atoms with Crippen molar-refractivity contribution < 1.29 is 9.59 Å². The molecule has 1 fully saturated rings. The topological polar surface area (TPSA) is 78.4 Å². The fourth-order valence-electron chi connectivity index (χ4n) is 3.44. The number of benzene rings is 1. The first-order chi connectivity index (χ1) is 14.5. The largest absolute Gasteiger partial charge is 0.367 e. The smallest absolute Gasteiger partial charge is 0.267 e. The molecule has 4 rings (SSSR count). The van der Waals surface area contributed by atoms with Crippen molar-refractivity contribution in [3.63, 3.8) is 0 Å². The highest BCUT2D eigenvalue weighted by atomic mass is 35.5. The number of piperazine rings is 1. The van der Waals surface area contributed by atoms with Crippen LogP contribution in [0.25, 0.3) is 11.3 Å². The van der Waals surface area contributed by atoms with Crippen LogP contribution < -0.4 is 10.2 Å². The average Bonchev–Trinajstić information content (AvgIpc) is 3.17. The van der Waals surface area contributed by atoms with Crippen LogP contribution >= 0.6 is 23.1 Å². The number of rotatable bonds is 4. The molecule has 1 aromatic carbocycles. The van der Waals surface area contributed by atoms with Gasteiger partial charge in [0.25, 0.3) is 5.91 Å². The van der Waals surface area contributed by atoms with Gasteiger partial charge < -0.3 is 15.1 Å². The minimum atomic E-state index is -0.247. The van der Waals surface area contributed by atoms with Crippen molar-refractivity contribution in [1.29, 1.82) is 0 Å². The number of amides is 2. The van der Waals surface area contributed by atoms with E-state index in [1.165, 1.54) is 6.92 Å². The van der Waals surface area contributed by atoms with E-state index in [2.05, 4.69) is 19.6 Å². The summed E-state index contributed by atoms with van der Waals surface area (Å²) in [5, 5.41) is 3.50. The molecular formula is C21H20ClN5O2S. The van der Waals surface area contributed by atoms with Gasteiger partial charge in [0.2, 0.25) is 5.91 Å². The molecule has 0 atom stereocenters. The van der Waals surface area contributed by atoms with Gasteiger partial charge in [-0.2, -0.15) is 4.37 Å². The van der Waals surface area contributed by atoms with Crippen molar-refractivity contribution in [2.75, 3.05) is 36.4 Å². The van der Waals surface area contributed by atoms with Crippen molar-refractivity contribution >= 4 is 46.3 Å². The van der Waals surface area contributed by atoms with Gasteiger partial charge in [0.15, 0.2) is 0 Å². The lowest BCUT2D eigenvalue weighted by Crippen LogP contribution is -2.48. The van der Waals surface area contributed by atoms with Crippen LogP contribution in [0.4, 0.5) is 11.4 Å². The molecule has 0 spiro atoms. The van der Waals surface area contributed by atoms with Gasteiger partial charge in [-0.15, -0.1) is 0 Å². The molecule has 9 heteroatoms. The quantitative estimate of drug-likeness (QED) is 0.666. The van der Waals surface area contributed by atoms with E-state index in [9.17, 15) is 9.59 Å². The number of carbonyl (C=O) groups excluding carboxylic acids is 2. The van der Waals surface area contributed by atoms with E-state index in [-0.39, 0.29) is 11.8 Å². The van der Waals surface area contributed by atoms with Crippen LogP contribution in [0.1, 0.15) is 16.6 Å². The lowest BCUT2D eigenvalue weighted by molar-refractivity contribution is -0.114. The maximum atomic E-state index is 13.2. The first-order valence-electron chi connectivity index (χ1n) is 9.51. The summed E-state index contributed by atoms with van der Waals surface area (Å²) >= 11 is 7.41. The van der Waals surface area contributed by atoms with E-state index in [1.807, 2.05) is 24.3 Å². The summed E-state index contributed by atoms with van der Waals surface area (Å²) in [6.07, 6.45) is 3.31. The second kappa shape index (κ2) is 8.81. The SMILES string of the molecule is CC(=O)Nc1c(-c2ccncc2)nsc1C(=O)N1CCN(c2ccccc2Cl)CC1. The number of hydrogen-bond acceptors (Lipinski definition) is 6. The molecule has 0 unspecified atom stereocenters. The zero-order valence-corrected chi connectivity index (χ0v) is 17.9. The second-order valence-corrected chi connectivity index (χ2v) is 8.06. The minimum absolute atomic E-state index is 0.129. The van der Waals surface area contributed by atoms with E-state index in [1.54, 1.807) is 29.4 Å². The van der Waals surface area contributed by atoms with Gasteiger partial charge in [-0.25, -0.2) is 0 Å². The van der Waals surface area contributed by atoms with E-state index in [0.29, 0.717) is 47.5 Å². The summed E-state index contributed by atoms with van der Waals surface area (Å²) in [6.45, 7) is 3.91. The Kier molecular flexibility index (Phi) is 5.96. The Morgan fingerprint density at radius 3 is 2.43 bits per heavy atom. The van der Waals surface area contributed by atoms with Crippen molar-refractivity contribution in [3.05, 3.63) is 58.7 Å². The predicted molar refractivity (Wildman–Crippen MR) is 119 cm³/mol. The maximum Gasteiger partial charge on any atom is 0.267 e. The molecule has 3 aromatic rings. The standard InChI is InChI=1S/C21H20ClN5O2S/c1-14(28)24-19-18(15-6-8-23-9-7-15)25-30-20(19)21(29)27-12-10-26(11-13-27)17-5-3-2-4-16(17)22/h2-9H,10-13H2,1H3,(H,24,28). The molecule has 154 valence electrons. The fourth-order valence-corrected chi connectivity index (χ4v) is 4.52. The summed E-state index contributed by atoms with van der Waals surface area (Å²) in [5.41, 5.74) is 2.81. The van der Waals surface area contributed by atoms with Gasteiger partial charge in [-0.3, -0.25) is 14.6 Å². The number of carbonyl (C=O) groups is 2. The first-order valence-corrected chi connectivity index (χ1v) is 10.7. The third-order valence-corrected chi connectivity index (χ3v) is 6.06. The third kappa shape index (κ3) is 4.15. The lowest BCUT2D eigenvalue weighted by atomic mass is 10.1. The fraction of sp³-hybridized carbons (Fsp3) is 0.238. The highest BCUT2D eigenvalue weighted by Crippen LogP contribution is 2.34. The maximum absolute atomic E-state index is 13.2. The van der Waals surface area contributed by atoms with Crippen molar-refractivity contribution in [2.24, 2.45) is 0 Å². The van der Waals surface area contributed by atoms with Gasteiger partial charge in [-0.1, -0.05) is 23.7 Å². The monoisotopic (exact) mass is 441 g/mol. The molecule has 2 amide bonds. The number of para-hydroxylation sites is 1. The van der Waals surface area contributed by atoms with E-state index in [0.717, 1.165) is 22.8 Å². The predicted octanol–water partition coefficient (Wildman–Crippen LogP) is 3.78. The molecule has 0 aliphatic carbocycles. The number of nitrogens with zero attached hydrogens (tertiary/aromatic N) is 4. The Balaban J connectivity index is 1.55. The van der Waals surface area contributed by atoms with Crippen LogP contribution in [0.15, 0.2) is 48.8 Å². The van der Waals surface area contributed by atoms with E-state index in [4.69, 9.17) is 11.6 Å². The van der Waals surface area contributed by atoms with Gasteiger partial charge in [0, 0.05) is 51.1 Å². The number of halogens is 1. The molecule has 1 N–H and O–H groups in total. The molecule has 30 heavy (non-hydrogen) atoms. The van der Waals surface area contributed by atoms with Gasteiger partial charge in [0.1, 0.15) is 10.6 Å². The van der Waals surface area contributed by atoms with E-state index >= 15 is 0 Å². The van der Waals surface area contributed by atoms with Crippen molar-refractivity contribution in [2.45, 2.75) is 6.92 Å². The highest BCUT2D eigenvalue weighted by Gasteiger charge is 2.28. The van der Waals surface area contributed by atoms with Crippen LogP contribution in [0.5, 0.6) is 0 Å². The molecule has 0 saturated carbocycles. The molecule has 3 heterocycles. The first kappa shape index (κ1) is 20.3. The molecule has 0 bridgehead atoms. The number of aromatic nitrogens is 2. The normalized spacial score (nSPS) is 13.9. The Hall–Kier alpha value is -2.97. The van der Waals surface area contributed by atoms with Crippen LogP contribution in [0, 0.1) is 0 Å². The minimum Gasteiger partial charge on any atom is -0.367 e. The van der Waals surface area contributed by atoms with Crippen molar-refractivity contribution in [3.8, 4) is 11.3 Å². The summed E-state index contributed by atoms with van der Waals surface area (Å²) < 4.78 is 4.45. The molecule has 1 saturated heterocycles.